The Bertz CT molecular complexity index is 1090. The van der Waals surface area contributed by atoms with Crippen molar-refractivity contribution in [1.29, 1.82) is 0 Å². The van der Waals surface area contributed by atoms with E-state index in [2.05, 4.69) is 18.1 Å². The average molecular weight is 564 g/mol. The molecule has 190 valence electrons. The minimum atomic E-state index is -5.81. The number of phosphoric ester groups is 1. The molecule has 1 saturated heterocycles. The van der Waals surface area contributed by atoms with Crippen LogP contribution < -0.4 is 11.4 Å². The number of ether oxygens (including phenoxy) is 1. The molecular formula is C12H19ClF2N3O12P3. The van der Waals surface area contributed by atoms with Crippen LogP contribution in [0.25, 0.3) is 0 Å². The van der Waals surface area contributed by atoms with Crippen molar-refractivity contribution in [1.82, 2.24) is 9.55 Å². The zero-order valence-corrected chi connectivity index (χ0v) is 19.9. The number of anilines is 1. The van der Waals surface area contributed by atoms with Crippen LogP contribution in [-0.2, 0) is 38.1 Å². The Morgan fingerprint density at radius 1 is 1.24 bits per heavy atom. The van der Waals surface area contributed by atoms with Crippen molar-refractivity contribution in [3.8, 4) is 0 Å². The minimum Gasteiger partial charge on any atom is -0.383 e. The van der Waals surface area contributed by atoms with E-state index in [0.717, 1.165) is 17.7 Å². The van der Waals surface area contributed by atoms with Crippen LogP contribution in [0, 0.1) is 5.92 Å². The summed E-state index contributed by atoms with van der Waals surface area (Å²) in [7, 11) is -17.1. The van der Waals surface area contributed by atoms with E-state index in [0.29, 0.717) is 0 Å². The highest BCUT2D eigenvalue weighted by molar-refractivity contribution is 7.66. The van der Waals surface area contributed by atoms with Crippen LogP contribution in [0.5, 0.6) is 0 Å². The highest BCUT2D eigenvalue weighted by Gasteiger charge is 2.64. The third kappa shape index (κ3) is 7.10. The number of nitrogen functional groups attached to an aromatic ring is 1. The number of nitrogens with two attached hydrogens (primary N) is 1. The first kappa shape index (κ1) is 28.4. The second-order valence-electron chi connectivity index (χ2n) is 6.85. The van der Waals surface area contributed by atoms with Gasteiger partial charge in [0.25, 0.3) is 5.92 Å². The highest BCUT2D eigenvalue weighted by atomic mass is 35.5. The fraction of sp³-hybridized carbons (Fsp3) is 0.667. The molecule has 0 radical (unpaired) electrons. The number of hydrogen-bond donors (Lipinski definition) is 5. The maximum atomic E-state index is 14.9. The zero-order valence-electron chi connectivity index (χ0n) is 16.4. The Balaban J connectivity index is 2.20. The third-order valence-electron chi connectivity index (χ3n) is 4.55. The lowest BCUT2D eigenvalue weighted by atomic mass is 9.87. The maximum Gasteiger partial charge on any atom is 0.490 e. The van der Waals surface area contributed by atoms with E-state index in [4.69, 9.17) is 36.8 Å². The molecule has 33 heavy (non-hydrogen) atoms. The molecule has 0 bridgehead atoms. The molecule has 5 atom stereocenters. The summed E-state index contributed by atoms with van der Waals surface area (Å²) in [6.45, 7) is -0.924. The van der Waals surface area contributed by atoms with E-state index in [1.165, 1.54) is 6.07 Å². The van der Waals surface area contributed by atoms with Gasteiger partial charge in [-0.2, -0.15) is 13.6 Å². The number of aromatic nitrogens is 2. The van der Waals surface area contributed by atoms with Crippen LogP contribution in [-0.4, -0.2) is 59.2 Å². The maximum absolute atomic E-state index is 14.9. The summed E-state index contributed by atoms with van der Waals surface area (Å²) in [5.74, 6) is -6.31. The number of alkyl halides is 3. The van der Waals surface area contributed by atoms with Crippen molar-refractivity contribution < 1.29 is 59.9 Å². The Hall–Kier alpha value is -0.800. The molecule has 3 unspecified atom stereocenters. The van der Waals surface area contributed by atoms with Gasteiger partial charge in [-0.15, -0.1) is 11.6 Å². The normalized spacial score (nSPS) is 28.8. The van der Waals surface area contributed by atoms with Crippen LogP contribution in [0.3, 0.4) is 0 Å². The molecular weight excluding hydrogens is 545 g/mol. The number of nitrogens with zero attached hydrogens (tertiary/aromatic N) is 2. The molecule has 0 saturated carbocycles. The number of hydrogen-bond acceptors (Lipinski definition) is 10. The first-order valence-corrected chi connectivity index (χ1v) is 13.6. The molecule has 1 aliphatic heterocycles. The quantitative estimate of drug-likeness (QED) is 0.196. The van der Waals surface area contributed by atoms with Crippen molar-refractivity contribution in [2.24, 2.45) is 5.92 Å². The summed E-state index contributed by atoms with van der Waals surface area (Å²) >= 11 is 5.78. The second kappa shape index (κ2) is 9.69. The van der Waals surface area contributed by atoms with E-state index >= 15 is 0 Å². The topological polar surface area (TPSA) is 230 Å². The van der Waals surface area contributed by atoms with Gasteiger partial charge in [-0.25, -0.2) is 27.3 Å². The van der Waals surface area contributed by atoms with Gasteiger partial charge in [-0.1, -0.05) is 6.92 Å². The summed E-state index contributed by atoms with van der Waals surface area (Å²) in [4.78, 5) is 51.0. The summed E-state index contributed by atoms with van der Waals surface area (Å²) in [6, 6.07) is 1.18. The smallest absolute Gasteiger partial charge is 0.383 e. The van der Waals surface area contributed by atoms with Crippen LogP contribution in [0.2, 0.25) is 0 Å². The van der Waals surface area contributed by atoms with Crippen LogP contribution in [0.4, 0.5) is 14.6 Å². The zero-order chi connectivity index (χ0) is 25.5. The number of rotatable bonds is 10. The van der Waals surface area contributed by atoms with Crippen molar-refractivity contribution in [3.63, 3.8) is 0 Å². The number of halogens is 3. The van der Waals surface area contributed by atoms with Crippen LogP contribution in [0.1, 0.15) is 6.92 Å². The van der Waals surface area contributed by atoms with E-state index < -0.39 is 71.7 Å². The molecule has 2 rings (SSSR count). The first-order valence-electron chi connectivity index (χ1n) is 8.55. The molecule has 15 nitrogen and oxygen atoms in total. The standard InChI is InChI=1S/C12H19ClF2N3O12P3/c1-7-11(5-13,6-27-32(23,24)30-33(25,26)29-31(20,21)22)28-8(12(7,14)15)4-18-3-2-9(16)17-10(18)19/h2-3,7-8H,4-6H2,1H3,(H,23,24)(H,25,26)(H2,16,17,19)(H2,20,21,22)/t7?,8-,11+/m0/s1. The van der Waals surface area contributed by atoms with Gasteiger partial charge < -0.3 is 30.0 Å². The second-order valence-corrected chi connectivity index (χ2v) is 11.5. The van der Waals surface area contributed by atoms with Gasteiger partial charge in [0.15, 0.2) is 0 Å². The van der Waals surface area contributed by atoms with Gasteiger partial charge in [0, 0.05) is 6.20 Å². The van der Waals surface area contributed by atoms with Gasteiger partial charge in [0.2, 0.25) is 0 Å². The van der Waals surface area contributed by atoms with Gasteiger partial charge in [0.05, 0.1) is 24.9 Å². The van der Waals surface area contributed by atoms with Crippen molar-refractivity contribution in [2.75, 3.05) is 18.2 Å². The van der Waals surface area contributed by atoms with Crippen molar-refractivity contribution >= 4 is 40.9 Å². The summed E-state index contributed by atoms with van der Waals surface area (Å²) < 4.78 is 81.5. The highest BCUT2D eigenvalue weighted by Crippen LogP contribution is 2.66. The van der Waals surface area contributed by atoms with E-state index in [-0.39, 0.29) is 5.82 Å². The Labute approximate surface area is 188 Å². The molecule has 0 amide bonds. The van der Waals surface area contributed by atoms with Crippen LogP contribution >= 0.6 is 35.1 Å². The predicted octanol–water partition coefficient (Wildman–Crippen LogP) is 0.817. The number of phosphoric acid groups is 3. The summed E-state index contributed by atoms with van der Waals surface area (Å²) in [5.41, 5.74) is 2.24. The lowest BCUT2D eigenvalue weighted by molar-refractivity contribution is -0.104. The average Bonchev–Trinajstić information content (AvgIpc) is 2.80. The van der Waals surface area contributed by atoms with Gasteiger partial charge in [-0.05, 0) is 6.07 Å². The molecule has 21 heteroatoms. The predicted molar refractivity (Wildman–Crippen MR) is 105 cm³/mol. The Morgan fingerprint density at radius 2 is 1.85 bits per heavy atom. The van der Waals surface area contributed by atoms with Crippen molar-refractivity contribution in [2.45, 2.75) is 31.1 Å². The Morgan fingerprint density at radius 3 is 2.36 bits per heavy atom. The van der Waals surface area contributed by atoms with E-state index in [9.17, 15) is 32.2 Å². The van der Waals surface area contributed by atoms with E-state index in [1.54, 1.807) is 0 Å². The fourth-order valence-electron chi connectivity index (χ4n) is 2.85. The SMILES string of the molecule is CC1C(F)(F)[C@H](Cn2ccc(N)nc2=O)O[C@]1(CCl)COP(=O)(O)OP(=O)(O)OP(=O)(O)O. The molecule has 1 aliphatic rings. The fourth-order valence-corrected chi connectivity index (χ4v) is 6.30. The van der Waals surface area contributed by atoms with Gasteiger partial charge in [-0.3, -0.25) is 9.09 Å². The van der Waals surface area contributed by atoms with Gasteiger partial charge >= 0.3 is 29.2 Å². The third-order valence-corrected chi connectivity index (χ3v) is 8.78. The van der Waals surface area contributed by atoms with E-state index in [1.807, 2.05) is 0 Å². The monoisotopic (exact) mass is 563 g/mol. The first-order chi connectivity index (χ1) is 14.8. The van der Waals surface area contributed by atoms with Crippen molar-refractivity contribution in [3.05, 3.63) is 22.7 Å². The molecule has 6 N–H and O–H groups in total. The van der Waals surface area contributed by atoms with Gasteiger partial charge in [0.1, 0.15) is 17.5 Å². The lowest BCUT2D eigenvalue weighted by Gasteiger charge is -2.31. The molecule has 0 spiro atoms. The molecule has 1 fully saturated rings. The molecule has 2 heterocycles. The molecule has 1 aromatic rings. The molecule has 0 aliphatic carbocycles. The Kier molecular flexibility index (Phi) is 8.35. The largest absolute Gasteiger partial charge is 0.490 e. The molecule has 0 aromatic carbocycles. The molecule has 1 aromatic heterocycles. The lowest BCUT2D eigenvalue weighted by Crippen LogP contribution is -2.44. The summed E-state index contributed by atoms with van der Waals surface area (Å²) in [5, 5.41) is 0. The minimum absolute atomic E-state index is 0.144. The van der Waals surface area contributed by atoms with Crippen LogP contribution in [0.15, 0.2) is 17.1 Å². The summed E-state index contributed by atoms with van der Waals surface area (Å²) in [6.07, 6.45) is -0.888.